The van der Waals surface area contributed by atoms with Crippen LogP contribution in [-0.4, -0.2) is 46.0 Å². The van der Waals surface area contributed by atoms with Crippen LogP contribution < -0.4 is 5.32 Å². The number of likely N-dealkylation sites (tertiary alicyclic amines) is 1. The molecule has 2 amide bonds. The van der Waals surface area contributed by atoms with Crippen LogP contribution in [0, 0.1) is 17.8 Å². The Labute approximate surface area is 130 Å². The molecule has 1 aromatic heterocycles. The lowest BCUT2D eigenvalue weighted by Crippen LogP contribution is -2.37. The van der Waals surface area contributed by atoms with Crippen molar-refractivity contribution in [2.24, 2.45) is 17.8 Å². The fourth-order valence-electron chi connectivity index (χ4n) is 3.37. The van der Waals surface area contributed by atoms with Crippen molar-refractivity contribution in [2.75, 3.05) is 13.1 Å². The highest BCUT2D eigenvalue weighted by molar-refractivity contribution is 5.93. The number of aromatic nitrogens is 2. The van der Waals surface area contributed by atoms with E-state index in [9.17, 15) is 9.59 Å². The fourth-order valence-corrected chi connectivity index (χ4v) is 3.37. The van der Waals surface area contributed by atoms with Crippen LogP contribution in [0.2, 0.25) is 0 Å². The number of rotatable bonds is 4. The predicted octanol–water partition coefficient (Wildman–Crippen LogP) is 1.38. The van der Waals surface area contributed by atoms with Gasteiger partial charge in [-0.2, -0.15) is 5.10 Å². The zero-order valence-electron chi connectivity index (χ0n) is 13.6. The highest BCUT2D eigenvalue weighted by Gasteiger charge is 2.60. The predicted molar refractivity (Wildman–Crippen MR) is 82.3 cm³/mol. The fraction of sp³-hybridized carbons (Fsp3) is 0.688. The van der Waals surface area contributed by atoms with Gasteiger partial charge in [-0.15, -0.1) is 0 Å². The zero-order valence-corrected chi connectivity index (χ0v) is 13.6. The topological polar surface area (TPSA) is 78.1 Å². The van der Waals surface area contributed by atoms with Gasteiger partial charge < -0.3 is 10.2 Å². The van der Waals surface area contributed by atoms with Crippen LogP contribution in [0.4, 0.5) is 0 Å². The minimum Gasteiger partial charge on any atom is -0.354 e. The largest absolute Gasteiger partial charge is 0.354 e. The van der Waals surface area contributed by atoms with Crippen molar-refractivity contribution in [3.05, 3.63) is 17.5 Å². The maximum absolute atomic E-state index is 12.4. The zero-order chi connectivity index (χ0) is 16.0. The minimum absolute atomic E-state index is 0.0293. The molecule has 2 unspecified atom stereocenters. The molecular formula is C16H24N4O2. The van der Waals surface area contributed by atoms with Crippen molar-refractivity contribution in [1.29, 1.82) is 0 Å². The van der Waals surface area contributed by atoms with E-state index in [-0.39, 0.29) is 23.8 Å². The van der Waals surface area contributed by atoms with E-state index in [0.717, 1.165) is 5.69 Å². The first-order valence-corrected chi connectivity index (χ1v) is 8.03. The lowest BCUT2D eigenvalue weighted by Gasteiger charge is -2.19. The van der Waals surface area contributed by atoms with Gasteiger partial charge in [-0.3, -0.25) is 14.7 Å². The highest BCUT2D eigenvalue weighted by Crippen LogP contribution is 2.52. The third-order valence-electron chi connectivity index (χ3n) is 4.65. The molecule has 1 aliphatic carbocycles. The molecule has 3 rings (SSSR count). The van der Waals surface area contributed by atoms with E-state index >= 15 is 0 Å². The van der Waals surface area contributed by atoms with Gasteiger partial charge in [0, 0.05) is 30.7 Å². The Balaban J connectivity index is 1.57. The molecule has 1 aliphatic heterocycles. The van der Waals surface area contributed by atoms with Crippen LogP contribution >= 0.6 is 0 Å². The van der Waals surface area contributed by atoms with Gasteiger partial charge >= 0.3 is 0 Å². The summed E-state index contributed by atoms with van der Waals surface area (Å²) in [4.78, 5) is 26.3. The lowest BCUT2D eigenvalue weighted by atomic mass is 10.1. The van der Waals surface area contributed by atoms with E-state index < -0.39 is 0 Å². The summed E-state index contributed by atoms with van der Waals surface area (Å²) in [7, 11) is 0. The summed E-state index contributed by atoms with van der Waals surface area (Å²) in [5, 5.41) is 10.0. The molecule has 6 heteroatoms. The van der Waals surface area contributed by atoms with E-state index in [1.807, 2.05) is 24.8 Å². The monoisotopic (exact) mass is 304 g/mol. The molecule has 2 aliphatic rings. The van der Waals surface area contributed by atoms with E-state index in [4.69, 9.17) is 0 Å². The second-order valence-electron chi connectivity index (χ2n) is 7.09. The van der Waals surface area contributed by atoms with E-state index in [2.05, 4.69) is 29.4 Å². The van der Waals surface area contributed by atoms with Gasteiger partial charge in [-0.25, -0.2) is 0 Å². The first kappa shape index (κ1) is 15.1. The van der Waals surface area contributed by atoms with Crippen LogP contribution in [0.15, 0.2) is 6.07 Å². The summed E-state index contributed by atoms with van der Waals surface area (Å²) in [5.74, 6) is 1.18. The molecule has 2 heterocycles. The molecule has 1 saturated heterocycles. The number of piperidine rings is 1. The van der Waals surface area contributed by atoms with Gasteiger partial charge in [0.2, 0.25) is 5.91 Å². The minimum atomic E-state index is -0.0293. The van der Waals surface area contributed by atoms with E-state index in [1.165, 1.54) is 0 Å². The molecule has 0 radical (unpaired) electrons. The Hall–Kier alpha value is -1.85. The molecular weight excluding hydrogens is 280 g/mol. The second-order valence-corrected chi connectivity index (χ2v) is 7.09. The van der Waals surface area contributed by atoms with Gasteiger partial charge in [0.25, 0.3) is 5.91 Å². The van der Waals surface area contributed by atoms with Crippen molar-refractivity contribution < 1.29 is 9.59 Å². The Morgan fingerprint density at radius 2 is 1.91 bits per heavy atom. The first-order chi connectivity index (χ1) is 10.4. The van der Waals surface area contributed by atoms with Gasteiger partial charge in [0.1, 0.15) is 5.69 Å². The van der Waals surface area contributed by atoms with Gasteiger partial charge in [0.05, 0.1) is 0 Å². The van der Waals surface area contributed by atoms with Crippen LogP contribution in [0.25, 0.3) is 0 Å². The summed E-state index contributed by atoms with van der Waals surface area (Å²) in [6.45, 7) is 9.40. The summed E-state index contributed by atoms with van der Waals surface area (Å²) >= 11 is 0. The van der Waals surface area contributed by atoms with E-state index in [0.29, 0.717) is 36.5 Å². The van der Waals surface area contributed by atoms with E-state index in [1.54, 1.807) is 0 Å². The highest BCUT2D eigenvalue weighted by atomic mass is 16.2. The number of aromatic amines is 1. The number of carbonyl (C=O) groups excluding carboxylic acids is 2. The Morgan fingerprint density at radius 1 is 1.27 bits per heavy atom. The molecule has 1 aromatic rings. The Morgan fingerprint density at radius 3 is 2.41 bits per heavy atom. The molecule has 6 nitrogen and oxygen atoms in total. The van der Waals surface area contributed by atoms with Crippen LogP contribution in [-0.2, 0) is 4.79 Å². The third kappa shape index (κ3) is 2.62. The Kier molecular flexibility index (Phi) is 3.70. The number of amides is 2. The second kappa shape index (κ2) is 5.41. The van der Waals surface area contributed by atoms with Crippen molar-refractivity contribution in [2.45, 2.75) is 39.7 Å². The molecule has 22 heavy (non-hydrogen) atoms. The van der Waals surface area contributed by atoms with Crippen molar-refractivity contribution in [3.8, 4) is 0 Å². The number of carbonyl (C=O) groups is 2. The number of hydrogen-bond donors (Lipinski definition) is 2. The van der Waals surface area contributed by atoms with Crippen molar-refractivity contribution >= 4 is 11.8 Å². The van der Waals surface area contributed by atoms with Gasteiger partial charge in [-0.1, -0.05) is 13.8 Å². The maximum atomic E-state index is 12.4. The summed E-state index contributed by atoms with van der Waals surface area (Å²) in [6, 6.07) is 2.00. The smallest absolute Gasteiger partial charge is 0.274 e. The Bertz CT molecular complexity index is 581. The molecule has 0 bridgehead atoms. The molecule has 2 N–H and O–H groups in total. The van der Waals surface area contributed by atoms with Crippen LogP contribution in [0.1, 0.15) is 49.8 Å². The number of fused-ring (bicyclic) bond motifs is 1. The standard InChI is InChI=1S/C16H24N4O2/c1-8(2)12-5-13(19-18-12)16(22)20-6-10-11(7-20)14(10)15(21)17-9(3)4/h5,8-11,14H,6-7H2,1-4H3,(H,17,21)(H,18,19)/t10-,11?,14?/m1/s1. The first-order valence-electron chi connectivity index (χ1n) is 8.03. The number of nitrogens with one attached hydrogen (secondary N) is 2. The number of H-pyrrole nitrogens is 1. The summed E-state index contributed by atoms with van der Waals surface area (Å²) in [6.07, 6.45) is 0. The summed E-state index contributed by atoms with van der Waals surface area (Å²) in [5.41, 5.74) is 1.45. The lowest BCUT2D eigenvalue weighted by molar-refractivity contribution is -0.123. The SMILES string of the molecule is CC(C)NC(=O)C1C2CN(C(=O)c3cc(C(C)C)[nH]n3)C[C@H]21. The third-order valence-corrected chi connectivity index (χ3v) is 4.65. The molecule has 3 atom stereocenters. The number of nitrogens with zero attached hydrogens (tertiary/aromatic N) is 2. The van der Waals surface area contributed by atoms with Crippen LogP contribution in [0.5, 0.6) is 0 Å². The normalized spacial score (nSPS) is 26.5. The summed E-state index contributed by atoms with van der Waals surface area (Å²) < 4.78 is 0. The molecule has 2 fully saturated rings. The van der Waals surface area contributed by atoms with Crippen molar-refractivity contribution in [1.82, 2.24) is 20.4 Å². The molecule has 1 saturated carbocycles. The van der Waals surface area contributed by atoms with Crippen LogP contribution in [0.3, 0.4) is 0 Å². The van der Waals surface area contributed by atoms with Crippen molar-refractivity contribution in [3.63, 3.8) is 0 Å². The van der Waals surface area contributed by atoms with Gasteiger partial charge in [0.15, 0.2) is 0 Å². The molecule has 0 aromatic carbocycles. The molecule has 120 valence electrons. The quantitative estimate of drug-likeness (QED) is 0.882. The maximum Gasteiger partial charge on any atom is 0.274 e. The average Bonchev–Trinajstić information content (AvgIpc) is 2.85. The number of hydrogen-bond acceptors (Lipinski definition) is 3. The van der Waals surface area contributed by atoms with Gasteiger partial charge in [-0.05, 0) is 37.7 Å². The average molecular weight is 304 g/mol. The molecule has 0 spiro atoms.